The molecule has 63 heavy (non-hydrogen) atoms. The average Bonchev–Trinajstić information content (AvgIpc) is 3.28. The highest BCUT2D eigenvalue weighted by atomic mass is 16.5. The molecule has 3 unspecified atom stereocenters. The first-order valence-electron chi connectivity index (χ1n) is 26.7. The van der Waals surface area contributed by atoms with Crippen molar-refractivity contribution in [2.45, 2.75) is 270 Å². The van der Waals surface area contributed by atoms with E-state index < -0.39 is 18.2 Å². The van der Waals surface area contributed by atoms with Crippen molar-refractivity contribution in [2.75, 3.05) is 6.61 Å². The number of esters is 1. The van der Waals surface area contributed by atoms with Gasteiger partial charge in [0, 0.05) is 6.42 Å². The maximum atomic E-state index is 13.2. The van der Waals surface area contributed by atoms with Gasteiger partial charge in [-0.05, 0) is 89.9 Å². The zero-order valence-electron chi connectivity index (χ0n) is 41.4. The number of amides is 1. The standard InChI is InChI=1S/C57H101NO5/c1-4-7-10-13-16-19-22-24-26-28-30-32-34-36-39-42-45-48-53(51-56(61)58-54(52-59)55(60)49-46-43-40-37-21-18-15-12-9-6-3)63-57(62)50-47-44-41-38-35-33-31-29-27-25-23-20-17-14-11-8-5-2/h7,10,16,19,24-27,30,32,36,39,53-55,59-60H,4-6,8-9,11-15,17-18,20-23,28-29,31,33-35,37-38,40-52H2,1-3H3,(H,58,61)/b10-7-,19-16-,26-24-,27-25+,32-30-,39-36-. The second-order valence-electron chi connectivity index (χ2n) is 17.9. The third-order valence-corrected chi connectivity index (χ3v) is 11.8. The summed E-state index contributed by atoms with van der Waals surface area (Å²) in [6.07, 6.45) is 64.0. The van der Waals surface area contributed by atoms with Gasteiger partial charge in [0.05, 0.1) is 25.2 Å². The van der Waals surface area contributed by atoms with E-state index in [4.69, 9.17) is 4.74 Å². The van der Waals surface area contributed by atoms with Crippen molar-refractivity contribution in [3.05, 3.63) is 72.9 Å². The van der Waals surface area contributed by atoms with Crippen LogP contribution in [0.4, 0.5) is 0 Å². The summed E-state index contributed by atoms with van der Waals surface area (Å²) in [4.78, 5) is 26.2. The van der Waals surface area contributed by atoms with Gasteiger partial charge < -0.3 is 20.3 Å². The van der Waals surface area contributed by atoms with Crippen LogP contribution < -0.4 is 5.32 Å². The Hall–Kier alpha value is -2.70. The molecule has 0 bridgehead atoms. The Morgan fingerprint density at radius 2 is 0.873 bits per heavy atom. The number of unbranched alkanes of at least 4 members (excludes halogenated alkanes) is 23. The van der Waals surface area contributed by atoms with E-state index in [1.165, 1.54) is 122 Å². The lowest BCUT2D eigenvalue weighted by molar-refractivity contribution is -0.151. The Balaban J connectivity index is 4.68. The number of carbonyl (C=O) groups excluding carboxylic acids is 2. The molecule has 0 aromatic rings. The van der Waals surface area contributed by atoms with Crippen LogP contribution in [0.1, 0.15) is 252 Å². The summed E-state index contributed by atoms with van der Waals surface area (Å²) in [5.74, 6) is -0.535. The largest absolute Gasteiger partial charge is 0.462 e. The zero-order valence-corrected chi connectivity index (χ0v) is 41.4. The molecule has 3 N–H and O–H groups in total. The first kappa shape index (κ1) is 60.3. The average molecular weight is 880 g/mol. The molecular formula is C57H101NO5. The first-order valence-corrected chi connectivity index (χ1v) is 26.7. The zero-order chi connectivity index (χ0) is 45.9. The second kappa shape index (κ2) is 50.3. The predicted octanol–water partition coefficient (Wildman–Crippen LogP) is 16.2. The van der Waals surface area contributed by atoms with Gasteiger partial charge in [0.25, 0.3) is 0 Å². The fourth-order valence-electron chi connectivity index (χ4n) is 7.75. The van der Waals surface area contributed by atoms with Gasteiger partial charge in [-0.2, -0.15) is 0 Å². The number of hydrogen-bond acceptors (Lipinski definition) is 5. The summed E-state index contributed by atoms with van der Waals surface area (Å²) in [5, 5.41) is 23.7. The summed E-state index contributed by atoms with van der Waals surface area (Å²) in [6.45, 7) is 6.34. The monoisotopic (exact) mass is 880 g/mol. The quantitative estimate of drug-likeness (QED) is 0.0321. The van der Waals surface area contributed by atoms with Gasteiger partial charge in [-0.3, -0.25) is 9.59 Å². The van der Waals surface area contributed by atoms with Gasteiger partial charge in [-0.15, -0.1) is 0 Å². The Bertz CT molecular complexity index is 1170. The molecule has 0 rings (SSSR count). The highest BCUT2D eigenvalue weighted by Gasteiger charge is 2.24. The highest BCUT2D eigenvalue weighted by molar-refractivity contribution is 5.77. The summed E-state index contributed by atoms with van der Waals surface area (Å²) in [7, 11) is 0. The van der Waals surface area contributed by atoms with Crippen LogP contribution in [-0.2, 0) is 14.3 Å². The topological polar surface area (TPSA) is 95.9 Å². The molecule has 0 aliphatic carbocycles. The second-order valence-corrected chi connectivity index (χ2v) is 17.9. The van der Waals surface area contributed by atoms with Gasteiger partial charge in [0.15, 0.2) is 0 Å². The molecule has 0 spiro atoms. The van der Waals surface area contributed by atoms with E-state index in [0.29, 0.717) is 19.3 Å². The number of aliphatic hydroxyl groups excluding tert-OH is 2. The van der Waals surface area contributed by atoms with Gasteiger partial charge in [-0.1, -0.05) is 222 Å². The molecule has 364 valence electrons. The molecule has 0 fully saturated rings. The molecule has 0 heterocycles. The van der Waals surface area contributed by atoms with Gasteiger partial charge in [-0.25, -0.2) is 0 Å². The molecule has 1 amide bonds. The van der Waals surface area contributed by atoms with Crippen molar-refractivity contribution >= 4 is 11.9 Å². The van der Waals surface area contributed by atoms with E-state index in [-0.39, 0.29) is 24.9 Å². The van der Waals surface area contributed by atoms with Crippen molar-refractivity contribution in [3.63, 3.8) is 0 Å². The van der Waals surface area contributed by atoms with Crippen LogP contribution in [0.5, 0.6) is 0 Å². The van der Waals surface area contributed by atoms with E-state index in [1.807, 2.05) is 0 Å². The molecule has 0 saturated carbocycles. The summed E-state index contributed by atoms with van der Waals surface area (Å²) < 4.78 is 5.91. The van der Waals surface area contributed by atoms with Crippen molar-refractivity contribution in [1.82, 2.24) is 5.32 Å². The minimum absolute atomic E-state index is 0.0348. The fraction of sp³-hybridized carbons (Fsp3) is 0.754. The Labute approximate surface area is 390 Å². The summed E-state index contributed by atoms with van der Waals surface area (Å²) in [6, 6.07) is -0.722. The maximum Gasteiger partial charge on any atom is 0.306 e. The SMILES string of the molecule is CC/C=C\C/C=C\C/C=C\C/C=C\C/C=C\CCCC(CC(=O)NC(CO)C(O)CCCCCCCCCCCC)OC(=O)CCCCCCCCC/C=C/CCCCCCCC. The van der Waals surface area contributed by atoms with E-state index in [2.05, 4.69) is 99.0 Å². The molecular weight excluding hydrogens is 779 g/mol. The van der Waals surface area contributed by atoms with Crippen LogP contribution in [0.15, 0.2) is 72.9 Å². The van der Waals surface area contributed by atoms with E-state index >= 15 is 0 Å². The smallest absolute Gasteiger partial charge is 0.306 e. The summed E-state index contributed by atoms with van der Waals surface area (Å²) >= 11 is 0. The van der Waals surface area contributed by atoms with E-state index in [1.54, 1.807) is 0 Å². The lowest BCUT2D eigenvalue weighted by Crippen LogP contribution is -2.46. The fourth-order valence-corrected chi connectivity index (χ4v) is 7.75. The summed E-state index contributed by atoms with van der Waals surface area (Å²) in [5.41, 5.74) is 0. The molecule has 6 heteroatoms. The molecule has 6 nitrogen and oxygen atoms in total. The number of ether oxygens (including phenoxy) is 1. The lowest BCUT2D eigenvalue weighted by atomic mass is 10.0. The molecule has 0 aliphatic rings. The Morgan fingerprint density at radius 3 is 1.35 bits per heavy atom. The maximum absolute atomic E-state index is 13.2. The van der Waals surface area contributed by atoms with Gasteiger partial charge >= 0.3 is 5.97 Å². The van der Waals surface area contributed by atoms with Crippen molar-refractivity contribution in [3.8, 4) is 0 Å². The van der Waals surface area contributed by atoms with Crippen LogP contribution in [0, 0.1) is 0 Å². The van der Waals surface area contributed by atoms with Crippen LogP contribution >= 0.6 is 0 Å². The third kappa shape index (κ3) is 45.7. The molecule has 0 saturated heterocycles. The van der Waals surface area contributed by atoms with Crippen molar-refractivity contribution < 1.29 is 24.5 Å². The van der Waals surface area contributed by atoms with Crippen molar-refractivity contribution in [2.24, 2.45) is 0 Å². The van der Waals surface area contributed by atoms with Crippen LogP contribution in [0.3, 0.4) is 0 Å². The number of rotatable bonds is 47. The van der Waals surface area contributed by atoms with Gasteiger partial charge in [0.2, 0.25) is 5.91 Å². The van der Waals surface area contributed by atoms with Crippen LogP contribution in [0.2, 0.25) is 0 Å². The van der Waals surface area contributed by atoms with E-state index in [9.17, 15) is 19.8 Å². The number of aliphatic hydroxyl groups is 2. The molecule has 0 aliphatic heterocycles. The molecule has 0 aromatic carbocycles. The number of nitrogens with one attached hydrogen (secondary N) is 1. The number of carbonyl (C=O) groups is 2. The normalized spacial score (nSPS) is 13.8. The van der Waals surface area contributed by atoms with Crippen molar-refractivity contribution in [1.29, 1.82) is 0 Å². The Morgan fingerprint density at radius 1 is 0.476 bits per heavy atom. The molecule has 0 radical (unpaired) electrons. The lowest BCUT2D eigenvalue weighted by Gasteiger charge is -2.24. The number of hydrogen-bond donors (Lipinski definition) is 3. The highest BCUT2D eigenvalue weighted by Crippen LogP contribution is 2.17. The molecule has 3 atom stereocenters. The van der Waals surface area contributed by atoms with E-state index in [0.717, 1.165) is 83.5 Å². The predicted molar refractivity (Wildman–Crippen MR) is 273 cm³/mol. The van der Waals surface area contributed by atoms with Crippen LogP contribution in [-0.4, -0.2) is 46.9 Å². The first-order chi connectivity index (χ1) is 31.0. The van der Waals surface area contributed by atoms with Crippen LogP contribution in [0.25, 0.3) is 0 Å². The molecule has 0 aromatic heterocycles. The number of allylic oxidation sites excluding steroid dienone is 12. The third-order valence-electron chi connectivity index (χ3n) is 11.8. The Kier molecular flexibility index (Phi) is 48.1. The minimum Gasteiger partial charge on any atom is -0.462 e. The minimum atomic E-state index is -0.805. The van der Waals surface area contributed by atoms with Gasteiger partial charge in [0.1, 0.15) is 6.10 Å².